The number of amides is 1. The summed E-state index contributed by atoms with van der Waals surface area (Å²) in [5.74, 6) is -0.0614. The third-order valence-corrected chi connectivity index (χ3v) is 8.10. The van der Waals surface area contributed by atoms with Crippen LogP contribution in [-0.2, 0) is 16.4 Å². The van der Waals surface area contributed by atoms with Gasteiger partial charge in [-0.25, -0.2) is 8.42 Å². The number of sulfonamides is 1. The molecular formula is C18H23N3O3S2. The molecule has 1 fully saturated rings. The van der Waals surface area contributed by atoms with Gasteiger partial charge in [-0.3, -0.25) is 9.78 Å². The number of thiophene rings is 1. The van der Waals surface area contributed by atoms with Gasteiger partial charge in [0.25, 0.3) is 15.9 Å². The second-order valence-electron chi connectivity index (χ2n) is 6.40. The molecule has 140 valence electrons. The zero-order valence-electron chi connectivity index (χ0n) is 14.7. The number of nitrogens with zero attached hydrogens (tertiary/aromatic N) is 2. The van der Waals surface area contributed by atoms with Gasteiger partial charge in [-0.1, -0.05) is 6.92 Å². The monoisotopic (exact) mass is 393 g/mol. The summed E-state index contributed by atoms with van der Waals surface area (Å²) in [6, 6.07) is 7.01. The zero-order valence-corrected chi connectivity index (χ0v) is 16.4. The molecule has 1 aliphatic heterocycles. The highest BCUT2D eigenvalue weighted by molar-refractivity contribution is 7.91. The van der Waals surface area contributed by atoms with E-state index >= 15 is 0 Å². The van der Waals surface area contributed by atoms with Gasteiger partial charge in [0.05, 0.1) is 5.56 Å². The van der Waals surface area contributed by atoms with Crippen molar-refractivity contribution in [3.8, 4) is 0 Å². The van der Waals surface area contributed by atoms with Crippen molar-refractivity contribution in [2.24, 2.45) is 5.92 Å². The van der Waals surface area contributed by atoms with Gasteiger partial charge in [0, 0.05) is 36.9 Å². The normalized spacial score (nSPS) is 18.6. The van der Waals surface area contributed by atoms with E-state index in [1.807, 2.05) is 13.0 Å². The van der Waals surface area contributed by atoms with E-state index in [0.29, 0.717) is 29.4 Å². The summed E-state index contributed by atoms with van der Waals surface area (Å²) in [4.78, 5) is 17.2. The van der Waals surface area contributed by atoms with Gasteiger partial charge in [0.1, 0.15) is 4.21 Å². The number of carbonyl (C=O) groups excluding carboxylic acids is 1. The minimum absolute atomic E-state index is 0.116. The van der Waals surface area contributed by atoms with Crippen LogP contribution in [0.3, 0.4) is 0 Å². The summed E-state index contributed by atoms with van der Waals surface area (Å²) in [5.41, 5.74) is 0.512. The molecular weight excluding hydrogens is 370 g/mol. The van der Waals surface area contributed by atoms with Gasteiger partial charge < -0.3 is 5.32 Å². The molecule has 2 aromatic heterocycles. The van der Waals surface area contributed by atoms with E-state index in [1.165, 1.54) is 17.5 Å². The molecule has 1 aliphatic rings. The topological polar surface area (TPSA) is 79.4 Å². The fraction of sp³-hybridized carbons (Fsp3) is 0.444. The molecule has 1 atom stereocenters. The molecule has 0 spiro atoms. The van der Waals surface area contributed by atoms with Crippen LogP contribution < -0.4 is 5.32 Å². The summed E-state index contributed by atoms with van der Waals surface area (Å²) in [6.45, 7) is 3.46. The SMILES string of the molecule is CCc1ccc(S(=O)(=O)N2CCC[C@@H](CNC(=O)c3cccnc3)C2)s1. The van der Waals surface area contributed by atoms with Crippen LogP contribution in [-0.4, -0.2) is 43.2 Å². The van der Waals surface area contributed by atoms with E-state index in [-0.39, 0.29) is 11.8 Å². The fourth-order valence-electron chi connectivity index (χ4n) is 3.06. The van der Waals surface area contributed by atoms with Crippen molar-refractivity contribution in [3.63, 3.8) is 0 Å². The Morgan fingerprint density at radius 1 is 1.38 bits per heavy atom. The second kappa shape index (κ2) is 8.28. The van der Waals surface area contributed by atoms with E-state index in [9.17, 15) is 13.2 Å². The predicted molar refractivity (Wildman–Crippen MR) is 102 cm³/mol. The standard InChI is InChI=1S/C18H23N3O3S2/c1-2-16-7-8-17(25-16)26(23,24)21-10-4-5-14(13-21)11-20-18(22)15-6-3-9-19-12-15/h3,6-9,12,14H,2,4-5,10-11,13H2,1H3,(H,20,22)/t14-/m0/s1. The van der Waals surface area contributed by atoms with Gasteiger partial charge in [-0.05, 0) is 49.4 Å². The molecule has 26 heavy (non-hydrogen) atoms. The highest BCUT2D eigenvalue weighted by Gasteiger charge is 2.31. The Balaban J connectivity index is 1.61. The van der Waals surface area contributed by atoms with Gasteiger partial charge >= 0.3 is 0 Å². The first-order chi connectivity index (χ1) is 12.5. The average Bonchev–Trinajstić information content (AvgIpc) is 3.17. The van der Waals surface area contributed by atoms with Gasteiger partial charge in [-0.2, -0.15) is 4.31 Å². The first-order valence-corrected chi connectivity index (χ1v) is 11.0. The Bertz CT molecular complexity index is 850. The zero-order chi connectivity index (χ0) is 18.6. The highest BCUT2D eigenvalue weighted by atomic mass is 32.2. The minimum atomic E-state index is -3.45. The maximum Gasteiger partial charge on any atom is 0.252 e. The Hall–Kier alpha value is -1.77. The molecule has 0 aromatic carbocycles. The summed E-state index contributed by atoms with van der Waals surface area (Å²) in [6.07, 6.45) is 5.69. The van der Waals surface area contributed by atoms with Crippen LogP contribution >= 0.6 is 11.3 Å². The van der Waals surface area contributed by atoms with E-state index in [0.717, 1.165) is 24.1 Å². The molecule has 1 amide bonds. The average molecular weight is 394 g/mol. The molecule has 0 saturated carbocycles. The quantitative estimate of drug-likeness (QED) is 0.818. The molecule has 8 heteroatoms. The summed E-state index contributed by atoms with van der Waals surface area (Å²) >= 11 is 1.34. The molecule has 6 nitrogen and oxygen atoms in total. The van der Waals surface area contributed by atoms with Crippen molar-refractivity contribution < 1.29 is 13.2 Å². The molecule has 1 N–H and O–H groups in total. The highest BCUT2D eigenvalue weighted by Crippen LogP contribution is 2.28. The number of piperidine rings is 1. The molecule has 0 bridgehead atoms. The number of aryl methyl sites for hydroxylation is 1. The van der Waals surface area contributed by atoms with E-state index < -0.39 is 10.0 Å². The Kier molecular flexibility index (Phi) is 6.05. The van der Waals surface area contributed by atoms with Crippen molar-refractivity contribution in [2.45, 2.75) is 30.4 Å². The van der Waals surface area contributed by atoms with Crippen LogP contribution in [0, 0.1) is 5.92 Å². The van der Waals surface area contributed by atoms with Crippen LogP contribution in [0.4, 0.5) is 0 Å². The molecule has 1 saturated heterocycles. The first kappa shape index (κ1) is 19.0. The van der Waals surface area contributed by atoms with Crippen molar-refractivity contribution >= 4 is 27.3 Å². The maximum absolute atomic E-state index is 12.9. The number of pyridine rings is 1. The number of aromatic nitrogens is 1. The van der Waals surface area contributed by atoms with Gasteiger partial charge in [-0.15, -0.1) is 11.3 Å². The minimum Gasteiger partial charge on any atom is -0.352 e. The third kappa shape index (κ3) is 4.31. The van der Waals surface area contributed by atoms with E-state index in [1.54, 1.807) is 28.7 Å². The summed E-state index contributed by atoms with van der Waals surface area (Å²) in [7, 11) is -3.45. The van der Waals surface area contributed by atoms with Gasteiger partial charge in [0.2, 0.25) is 0 Å². The van der Waals surface area contributed by atoms with Crippen LogP contribution in [0.5, 0.6) is 0 Å². The molecule has 0 radical (unpaired) electrons. The van der Waals surface area contributed by atoms with Crippen molar-refractivity contribution in [1.29, 1.82) is 0 Å². The molecule has 0 aliphatic carbocycles. The summed E-state index contributed by atoms with van der Waals surface area (Å²) < 4.78 is 27.7. The number of hydrogen-bond acceptors (Lipinski definition) is 5. The largest absolute Gasteiger partial charge is 0.352 e. The lowest BCUT2D eigenvalue weighted by Crippen LogP contribution is -2.43. The number of rotatable bonds is 6. The Morgan fingerprint density at radius 3 is 2.92 bits per heavy atom. The fourth-order valence-corrected chi connectivity index (χ4v) is 6.07. The van der Waals surface area contributed by atoms with Gasteiger partial charge in [0.15, 0.2) is 0 Å². The molecule has 2 aromatic rings. The molecule has 3 rings (SSSR count). The van der Waals surface area contributed by atoms with Crippen molar-refractivity contribution in [2.75, 3.05) is 19.6 Å². The van der Waals surface area contributed by atoms with Crippen molar-refractivity contribution in [1.82, 2.24) is 14.6 Å². The third-order valence-electron chi connectivity index (χ3n) is 4.54. The van der Waals surface area contributed by atoms with Crippen LogP contribution in [0.15, 0.2) is 40.9 Å². The number of hydrogen-bond donors (Lipinski definition) is 1. The second-order valence-corrected chi connectivity index (χ2v) is 9.73. The Morgan fingerprint density at radius 2 is 2.23 bits per heavy atom. The maximum atomic E-state index is 12.9. The lowest BCUT2D eigenvalue weighted by molar-refractivity contribution is 0.0941. The molecule has 3 heterocycles. The predicted octanol–water partition coefficient (Wildman–Crippen LogP) is 2.54. The van der Waals surface area contributed by atoms with E-state index in [4.69, 9.17) is 0 Å². The lowest BCUT2D eigenvalue weighted by atomic mass is 9.99. The van der Waals surface area contributed by atoms with Crippen LogP contribution in [0.1, 0.15) is 35.0 Å². The summed E-state index contributed by atoms with van der Waals surface area (Å²) in [5, 5.41) is 2.90. The molecule has 0 unspecified atom stereocenters. The number of nitrogens with one attached hydrogen (secondary N) is 1. The van der Waals surface area contributed by atoms with E-state index in [2.05, 4.69) is 10.3 Å². The lowest BCUT2D eigenvalue weighted by Gasteiger charge is -2.31. The Labute approximate surface area is 158 Å². The van der Waals surface area contributed by atoms with Crippen LogP contribution in [0.2, 0.25) is 0 Å². The first-order valence-electron chi connectivity index (χ1n) is 8.77. The van der Waals surface area contributed by atoms with Crippen LogP contribution in [0.25, 0.3) is 0 Å². The smallest absolute Gasteiger partial charge is 0.252 e. The van der Waals surface area contributed by atoms with Crippen molar-refractivity contribution in [3.05, 3.63) is 47.1 Å². The number of carbonyl (C=O) groups is 1.